The molecule has 2 aromatic carbocycles. The van der Waals surface area contributed by atoms with Crippen LogP contribution in [-0.2, 0) is 28.2 Å². The van der Waals surface area contributed by atoms with Crippen LogP contribution in [0.15, 0.2) is 47.6 Å². The van der Waals surface area contributed by atoms with Gasteiger partial charge in [0, 0.05) is 17.4 Å². The second kappa shape index (κ2) is 9.19. The van der Waals surface area contributed by atoms with E-state index in [0.29, 0.717) is 0 Å². The highest BCUT2D eigenvalue weighted by atomic mass is 28.4. The Morgan fingerprint density at radius 3 is 2.59 bits per heavy atom. The molecule has 0 radical (unpaired) electrons. The quantitative estimate of drug-likeness (QED) is 0.216. The Bertz CT molecular complexity index is 1040. The Kier molecular flexibility index (Phi) is 6.52. The van der Waals surface area contributed by atoms with Crippen LogP contribution >= 0.6 is 0 Å². The SMILES string of the molecule is CC(=O)O[C@H]1[C@@H]2O[C@H](c3ccc4ccccc4c3)OC[C@H]2OC(O[Si](C)(C)C)[C@@H]1N=[N+]=[N-]. The van der Waals surface area contributed by atoms with Gasteiger partial charge in [-0.25, -0.2) is 0 Å². The molecule has 6 atom stereocenters. The maximum absolute atomic E-state index is 11.9. The van der Waals surface area contributed by atoms with E-state index < -0.39 is 51.2 Å². The molecule has 0 bridgehead atoms. The minimum atomic E-state index is -2.06. The van der Waals surface area contributed by atoms with Crippen LogP contribution in [0.5, 0.6) is 0 Å². The predicted octanol–water partition coefficient (Wildman–Crippen LogP) is 4.44. The van der Waals surface area contributed by atoms with E-state index in [4.69, 9.17) is 28.9 Å². The lowest BCUT2D eigenvalue weighted by Gasteiger charge is -2.48. The maximum Gasteiger partial charge on any atom is 0.303 e. The molecule has 4 rings (SSSR count). The fourth-order valence-electron chi connectivity index (χ4n) is 4.04. The Morgan fingerprint density at radius 2 is 1.91 bits per heavy atom. The molecule has 0 aromatic heterocycles. The van der Waals surface area contributed by atoms with E-state index in [0.717, 1.165) is 16.3 Å². The molecule has 2 aliphatic heterocycles. The molecule has 1 unspecified atom stereocenters. The number of nitrogens with zero attached hydrogens (tertiary/aromatic N) is 3. The molecule has 2 heterocycles. The lowest BCUT2D eigenvalue weighted by molar-refractivity contribution is -0.333. The first-order valence-electron chi connectivity index (χ1n) is 10.6. The molecule has 170 valence electrons. The van der Waals surface area contributed by atoms with Crippen molar-refractivity contribution < 1.29 is 28.2 Å². The van der Waals surface area contributed by atoms with Crippen LogP contribution in [0.3, 0.4) is 0 Å². The molecular formula is C22H27N3O6Si. The van der Waals surface area contributed by atoms with E-state index in [9.17, 15) is 4.79 Å². The molecule has 10 heteroatoms. The van der Waals surface area contributed by atoms with Crippen LogP contribution in [0.4, 0.5) is 0 Å². The monoisotopic (exact) mass is 457 g/mol. The Morgan fingerprint density at radius 1 is 1.16 bits per heavy atom. The third kappa shape index (κ3) is 4.96. The molecule has 0 saturated carbocycles. The fraction of sp³-hybridized carbons (Fsp3) is 0.500. The van der Waals surface area contributed by atoms with Crippen LogP contribution in [0, 0.1) is 0 Å². The summed E-state index contributed by atoms with van der Waals surface area (Å²) in [5.41, 5.74) is 10.0. The van der Waals surface area contributed by atoms with Crippen molar-refractivity contribution in [2.45, 2.75) is 63.5 Å². The number of fused-ring (bicyclic) bond motifs is 2. The maximum atomic E-state index is 11.9. The van der Waals surface area contributed by atoms with E-state index in [1.165, 1.54) is 6.92 Å². The first-order valence-corrected chi connectivity index (χ1v) is 14.0. The molecule has 9 nitrogen and oxygen atoms in total. The second-order valence-electron chi connectivity index (χ2n) is 8.92. The summed E-state index contributed by atoms with van der Waals surface area (Å²) in [5, 5.41) is 6.04. The van der Waals surface area contributed by atoms with Crippen molar-refractivity contribution in [2.75, 3.05) is 6.61 Å². The number of ether oxygens (including phenoxy) is 4. The smallest absolute Gasteiger partial charge is 0.303 e. The third-order valence-corrected chi connectivity index (χ3v) is 6.25. The van der Waals surface area contributed by atoms with Crippen LogP contribution in [0.2, 0.25) is 19.6 Å². The summed E-state index contributed by atoms with van der Waals surface area (Å²) in [7, 11) is -2.06. The van der Waals surface area contributed by atoms with Gasteiger partial charge in [-0.2, -0.15) is 0 Å². The van der Waals surface area contributed by atoms with E-state index in [1.807, 2.05) is 62.1 Å². The predicted molar refractivity (Wildman–Crippen MR) is 119 cm³/mol. The van der Waals surface area contributed by atoms with Crippen LogP contribution in [-0.4, -0.2) is 51.5 Å². The van der Waals surface area contributed by atoms with Gasteiger partial charge in [0.05, 0.1) is 6.61 Å². The minimum Gasteiger partial charge on any atom is -0.459 e. The number of hydrogen-bond acceptors (Lipinski definition) is 7. The third-order valence-electron chi connectivity index (χ3n) is 5.31. The zero-order valence-electron chi connectivity index (χ0n) is 18.5. The fourth-order valence-corrected chi connectivity index (χ4v) is 4.93. The highest BCUT2D eigenvalue weighted by Crippen LogP contribution is 2.38. The number of esters is 1. The Balaban J connectivity index is 1.63. The number of benzene rings is 2. The van der Waals surface area contributed by atoms with Gasteiger partial charge in [-0.15, -0.1) is 0 Å². The van der Waals surface area contributed by atoms with Crippen LogP contribution < -0.4 is 0 Å². The van der Waals surface area contributed by atoms with Gasteiger partial charge in [0.15, 0.2) is 20.9 Å². The van der Waals surface area contributed by atoms with Crippen molar-refractivity contribution in [1.82, 2.24) is 0 Å². The zero-order chi connectivity index (χ0) is 22.9. The number of carbonyl (C=O) groups is 1. The zero-order valence-corrected chi connectivity index (χ0v) is 19.5. The van der Waals surface area contributed by atoms with E-state index in [2.05, 4.69) is 10.0 Å². The van der Waals surface area contributed by atoms with Crippen LogP contribution in [0.1, 0.15) is 18.8 Å². The molecule has 0 amide bonds. The second-order valence-corrected chi connectivity index (χ2v) is 13.4. The van der Waals surface area contributed by atoms with Crippen molar-refractivity contribution in [3.8, 4) is 0 Å². The lowest BCUT2D eigenvalue weighted by Crippen LogP contribution is -2.63. The number of hydrogen-bond donors (Lipinski definition) is 0. The van der Waals surface area contributed by atoms with Crippen molar-refractivity contribution in [3.63, 3.8) is 0 Å². The summed E-state index contributed by atoms with van der Waals surface area (Å²) in [6.45, 7) is 7.53. The first-order chi connectivity index (χ1) is 15.2. The topological polar surface area (TPSA) is 112 Å². The minimum absolute atomic E-state index is 0.217. The van der Waals surface area contributed by atoms with Gasteiger partial charge in [0.2, 0.25) is 0 Å². The first kappa shape index (κ1) is 22.7. The molecule has 2 fully saturated rings. The van der Waals surface area contributed by atoms with E-state index >= 15 is 0 Å². The molecular weight excluding hydrogens is 430 g/mol. The largest absolute Gasteiger partial charge is 0.459 e. The van der Waals surface area contributed by atoms with Gasteiger partial charge >= 0.3 is 5.97 Å². The summed E-state index contributed by atoms with van der Waals surface area (Å²) in [6.07, 6.45) is -3.62. The average Bonchev–Trinajstić information content (AvgIpc) is 2.74. The molecule has 2 aliphatic rings. The summed E-state index contributed by atoms with van der Waals surface area (Å²) in [6, 6.07) is 13.1. The normalized spacial score (nSPS) is 30.2. The molecule has 2 saturated heterocycles. The lowest BCUT2D eigenvalue weighted by atomic mass is 9.96. The van der Waals surface area contributed by atoms with Gasteiger partial charge in [0.25, 0.3) is 0 Å². The Labute approximate surface area is 187 Å². The summed E-state index contributed by atoms with van der Waals surface area (Å²) >= 11 is 0. The number of rotatable bonds is 5. The number of carbonyl (C=O) groups excluding carboxylic acids is 1. The van der Waals surface area contributed by atoms with Gasteiger partial charge in [0.1, 0.15) is 24.4 Å². The molecule has 0 aliphatic carbocycles. The van der Waals surface area contributed by atoms with Gasteiger partial charge in [-0.3, -0.25) is 4.79 Å². The van der Waals surface area contributed by atoms with Crippen molar-refractivity contribution in [3.05, 3.63) is 58.5 Å². The summed E-state index contributed by atoms with van der Waals surface area (Å²) in [4.78, 5) is 14.9. The van der Waals surface area contributed by atoms with Crippen molar-refractivity contribution in [1.29, 1.82) is 0 Å². The van der Waals surface area contributed by atoms with E-state index in [1.54, 1.807) is 0 Å². The van der Waals surface area contributed by atoms with Crippen LogP contribution in [0.25, 0.3) is 21.2 Å². The summed E-state index contributed by atoms with van der Waals surface area (Å²) < 4.78 is 30.0. The van der Waals surface area contributed by atoms with Crippen molar-refractivity contribution in [2.24, 2.45) is 5.11 Å². The highest BCUT2D eigenvalue weighted by Gasteiger charge is 2.52. The summed E-state index contributed by atoms with van der Waals surface area (Å²) in [5.74, 6) is -0.502. The van der Waals surface area contributed by atoms with Gasteiger partial charge in [-0.05, 0) is 42.0 Å². The molecule has 0 spiro atoms. The highest BCUT2D eigenvalue weighted by molar-refractivity contribution is 6.69. The standard InChI is InChI=1S/C22H27N3O6Si/c1-13(26)28-20-18(24-25-23)22(31-32(2,3)4)29-17-12-27-21(30-19(17)20)16-10-9-14-7-5-6-8-15(14)11-16/h5-11,17-22H,12H2,1-4H3/t17-,18-,19-,20-,21-,22?/m1/s1. The van der Waals surface area contributed by atoms with Crippen molar-refractivity contribution >= 4 is 25.1 Å². The average molecular weight is 458 g/mol. The number of azide groups is 1. The van der Waals surface area contributed by atoms with Gasteiger partial charge in [-0.1, -0.05) is 41.5 Å². The molecule has 2 aromatic rings. The molecule has 32 heavy (non-hydrogen) atoms. The van der Waals surface area contributed by atoms with Gasteiger partial charge < -0.3 is 23.4 Å². The molecule has 0 N–H and O–H groups in total. The van der Waals surface area contributed by atoms with E-state index in [-0.39, 0.29) is 6.61 Å². The Hall–Kier alpha value is -2.46.